The summed E-state index contributed by atoms with van der Waals surface area (Å²) in [6, 6.07) is 9.11. The molecule has 1 N–H and O–H groups in total. The smallest absolute Gasteiger partial charge is 0.267 e. The highest BCUT2D eigenvalue weighted by Crippen LogP contribution is 2.03. The van der Waals surface area contributed by atoms with Gasteiger partial charge in [-0.05, 0) is 25.0 Å². The molecule has 0 heterocycles. The molecule has 0 aromatic heterocycles. The number of hydrogen-bond acceptors (Lipinski definition) is 2. The van der Waals surface area contributed by atoms with E-state index in [-0.39, 0.29) is 5.91 Å². The molecule has 0 spiro atoms. The fraction of sp³-hybridized carbons (Fsp3) is 0.467. The van der Waals surface area contributed by atoms with Gasteiger partial charge in [0, 0.05) is 11.8 Å². The van der Waals surface area contributed by atoms with E-state index in [1.165, 1.54) is 25.7 Å². The first-order valence-corrected chi connectivity index (χ1v) is 6.71. The standard InChI is InChI=1S/C15H22N2O/c1-2-3-4-5-6-10-13-16-17-15(18)14-11-8-7-9-12-14/h7-9,11-13H,2-6,10H2,1H3,(H,17,18). The second-order valence-electron chi connectivity index (χ2n) is 4.32. The van der Waals surface area contributed by atoms with Crippen molar-refractivity contribution in [2.24, 2.45) is 5.10 Å². The predicted octanol–water partition coefficient (Wildman–Crippen LogP) is 3.76. The Balaban J connectivity index is 2.11. The van der Waals surface area contributed by atoms with Gasteiger partial charge < -0.3 is 0 Å². The number of nitrogens with one attached hydrogen (secondary N) is 1. The van der Waals surface area contributed by atoms with Gasteiger partial charge in [-0.15, -0.1) is 0 Å². The topological polar surface area (TPSA) is 41.5 Å². The lowest BCUT2D eigenvalue weighted by molar-refractivity contribution is 0.0955. The van der Waals surface area contributed by atoms with Gasteiger partial charge in [-0.3, -0.25) is 4.79 Å². The van der Waals surface area contributed by atoms with Crippen molar-refractivity contribution in [2.75, 3.05) is 0 Å². The minimum atomic E-state index is -0.155. The Bertz CT molecular complexity index is 360. The van der Waals surface area contributed by atoms with Gasteiger partial charge in [0.2, 0.25) is 0 Å². The second kappa shape index (κ2) is 9.40. The Kier molecular flexibility index (Phi) is 7.53. The normalized spacial score (nSPS) is 10.7. The van der Waals surface area contributed by atoms with Crippen LogP contribution in [0.25, 0.3) is 0 Å². The molecule has 18 heavy (non-hydrogen) atoms. The number of unbranched alkanes of at least 4 members (excludes halogenated alkanes) is 5. The van der Waals surface area contributed by atoms with Gasteiger partial charge in [0.05, 0.1) is 0 Å². The fourth-order valence-corrected chi connectivity index (χ4v) is 1.66. The number of carbonyl (C=O) groups excluding carboxylic acids is 1. The van der Waals surface area contributed by atoms with Gasteiger partial charge in [0.15, 0.2) is 0 Å². The van der Waals surface area contributed by atoms with Crippen LogP contribution in [0.3, 0.4) is 0 Å². The van der Waals surface area contributed by atoms with Crippen molar-refractivity contribution in [1.82, 2.24) is 5.43 Å². The first-order chi connectivity index (χ1) is 8.84. The Hall–Kier alpha value is -1.64. The van der Waals surface area contributed by atoms with Crippen LogP contribution in [0.5, 0.6) is 0 Å². The van der Waals surface area contributed by atoms with Crippen molar-refractivity contribution < 1.29 is 4.79 Å². The number of nitrogens with zero attached hydrogens (tertiary/aromatic N) is 1. The molecule has 0 radical (unpaired) electrons. The third-order valence-corrected chi connectivity index (χ3v) is 2.73. The van der Waals surface area contributed by atoms with Gasteiger partial charge in [-0.1, -0.05) is 50.8 Å². The highest BCUT2D eigenvalue weighted by atomic mass is 16.2. The van der Waals surface area contributed by atoms with E-state index in [1.807, 2.05) is 18.2 Å². The molecule has 1 aromatic rings. The van der Waals surface area contributed by atoms with E-state index in [0.29, 0.717) is 5.56 Å². The molecule has 0 aliphatic heterocycles. The summed E-state index contributed by atoms with van der Waals surface area (Å²) in [5, 5.41) is 3.94. The fourth-order valence-electron chi connectivity index (χ4n) is 1.66. The minimum Gasteiger partial charge on any atom is -0.267 e. The van der Waals surface area contributed by atoms with Crippen molar-refractivity contribution in [3.63, 3.8) is 0 Å². The minimum absolute atomic E-state index is 0.155. The van der Waals surface area contributed by atoms with Crippen LogP contribution in [0.15, 0.2) is 35.4 Å². The van der Waals surface area contributed by atoms with Gasteiger partial charge in [0.1, 0.15) is 0 Å². The maximum absolute atomic E-state index is 11.6. The summed E-state index contributed by atoms with van der Waals surface area (Å²) < 4.78 is 0. The molecule has 0 unspecified atom stereocenters. The monoisotopic (exact) mass is 246 g/mol. The van der Waals surface area contributed by atoms with E-state index in [2.05, 4.69) is 17.5 Å². The zero-order chi connectivity index (χ0) is 13.1. The largest absolute Gasteiger partial charge is 0.271 e. The van der Waals surface area contributed by atoms with Crippen molar-refractivity contribution in [3.8, 4) is 0 Å². The van der Waals surface area contributed by atoms with Gasteiger partial charge in [0.25, 0.3) is 5.91 Å². The molecule has 98 valence electrons. The summed E-state index contributed by atoms with van der Waals surface area (Å²) in [4.78, 5) is 11.6. The Morgan fingerprint density at radius 2 is 1.89 bits per heavy atom. The van der Waals surface area contributed by atoms with Crippen molar-refractivity contribution in [2.45, 2.75) is 45.4 Å². The van der Waals surface area contributed by atoms with Gasteiger partial charge >= 0.3 is 0 Å². The third-order valence-electron chi connectivity index (χ3n) is 2.73. The summed E-state index contributed by atoms with van der Waals surface area (Å²) in [5.74, 6) is -0.155. The van der Waals surface area contributed by atoms with Crippen LogP contribution in [0.2, 0.25) is 0 Å². The molecule has 0 saturated heterocycles. The van der Waals surface area contributed by atoms with Crippen LogP contribution < -0.4 is 5.43 Å². The number of carbonyl (C=O) groups is 1. The van der Waals surface area contributed by atoms with Crippen LogP contribution in [-0.4, -0.2) is 12.1 Å². The molecule has 1 rings (SSSR count). The number of hydrazone groups is 1. The SMILES string of the molecule is CCCCCCCC=NNC(=O)c1ccccc1. The summed E-state index contributed by atoms with van der Waals surface area (Å²) in [5.41, 5.74) is 3.17. The van der Waals surface area contributed by atoms with E-state index < -0.39 is 0 Å². The van der Waals surface area contributed by atoms with E-state index in [4.69, 9.17) is 0 Å². The first-order valence-electron chi connectivity index (χ1n) is 6.71. The highest BCUT2D eigenvalue weighted by molar-refractivity contribution is 5.94. The number of amides is 1. The Morgan fingerprint density at radius 1 is 1.17 bits per heavy atom. The summed E-state index contributed by atoms with van der Waals surface area (Å²) in [6.45, 7) is 2.21. The molecule has 0 fully saturated rings. The zero-order valence-corrected chi connectivity index (χ0v) is 11.1. The summed E-state index contributed by atoms with van der Waals surface area (Å²) >= 11 is 0. The van der Waals surface area contributed by atoms with Crippen molar-refractivity contribution >= 4 is 12.1 Å². The summed E-state index contributed by atoms with van der Waals surface area (Å²) in [7, 11) is 0. The van der Waals surface area contributed by atoms with Crippen LogP contribution in [0.4, 0.5) is 0 Å². The first kappa shape index (κ1) is 14.4. The molecule has 0 saturated carbocycles. The van der Waals surface area contributed by atoms with Crippen molar-refractivity contribution in [3.05, 3.63) is 35.9 Å². The van der Waals surface area contributed by atoms with Crippen LogP contribution in [-0.2, 0) is 0 Å². The third kappa shape index (κ3) is 6.18. The molecule has 1 amide bonds. The van der Waals surface area contributed by atoms with Crippen LogP contribution in [0.1, 0.15) is 55.8 Å². The summed E-state index contributed by atoms with van der Waals surface area (Å²) in [6.07, 6.45) is 8.96. The van der Waals surface area contributed by atoms with Gasteiger partial charge in [-0.25, -0.2) is 5.43 Å². The predicted molar refractivity (Wildman–Crippen MR) is 75.8 cm³/mol. The van der Waals surface area contributed by atoms with E-state index in [1.54, 1.807) is 18.3 Å². The lowest BCUT2D eigenvalue weighted by Crippen LogP contribution is -2.17. The van der Waals surface area contributed by atoms with Crippen molar-refractivity contribution in [1.29, 1.82) is 0 Å². The van der Waals surface area contributed by atoms with Gasteiger partial charge in [-0.2, -0.15) is 5.10 Å². The number of rotatable bonds is 8. The molecule has 3 heteroatoms. The highest BCUT2D eigenvalue weighted by Gasteiger charge is 2.00. The maximum Gasteiger partial charge on any atom is 0.271 e. The average Bonchev–Trinajstić information content (AvgIpc) is 2.42. The second-order valence-corrected chi connectivity index (χ2v) is 4.32. The van der Waals surface area contributed by atoms with Crippen LogP contribution in [0, 0.1) is 0 Å². The lowest BCUT2D eigenvalue weighted by Gasteiger charge is -1.99. The Morgan fingerprint density at radius 3 is 2.61 bits per heavy atom. The molecule has 0 atom stereocenters. The number of hydrogen-bond donors (Lipinski definition) is 1. The number of benzene rings is 1. The average molecular weight is 246 g/mol. The molecule has 0 aliphatic rings. The lowest BCUT2D eigenvalue weighted by atomic mass is 10.1. The van der Waals surface area contributed by atoms with E-state index in [0.717, 1.165) is 12.8 Å². The molecule has 1 aromatic carbocycles. The zero-order valence-electron chi connectivity index (χ0n) is 11.1. The molecule has 3 nitrogen and oxygen atoms in total. The quantitative estimate of drug-likeness (QED) is 0.423. The maximum atomic E-state index is 11.6. The van der Waals surface area contributed by atoms with E-state index >= 15 is 0 Å². The molecular weight excluding hydrogens is 224 g/mol. The molecular formula is C15H22N2O. The molecule has 0 bridgehead atoms. The van der Waals surface area contributed by atoms with Crippen LogP contribution >= 0.6 is 0 Å². The Labute approximate surface area is 109 Å². The van der Waals surface area contributed by atoms with E-state index in [9.17, 15) is 4.79 Å². The molecule has 0 aliphatic carbocycles.